The summed E-state index contributed by atoms with van der Waals surface area (Å²) >= 11 is 0. The van der Waals surface area contributed by atoms with Crippen molar-refractivity contribution in [2.24, 2.45) is 16.8 Å². The number of nitrogens with zero attached hydrogens (tertiary/aromatic N) is 4. The van der Waals surface area contributed by atoms with Crippen molar-refractivity contribution in [3.05, 3.63) is 18.7 Å². The standard InChI is InChI=1S/C19H24N6O6/c1-9-14(24-19(29)15-12(27)2-4-25(15)20)10(7-26)16(28)13(31-9)6-21-18-17-11(3-5-30-17)22-8-23-18/h3,5-10,12-16,27-28H,2,4,20H2,1H3,(H,24,29)/t9-,10+,12-,13?,14-,15+,16-/m0/s1. The summed E-state index contributed by atoms with van der Waals surface area (Å²) in [4.78, 5) is 36.8. The topological polar surface area (TPSA) is 176 Å². The molecular weight excluding hydrogens is 408 g/mol. The van der Waals surface area contributed by atoms with E-state index in [-0.39, 0.29) is 5.82 Å². The summed E-state index contributed by atoms with van der Waals surface area (Å²) in [6.45, 7) is 2.05. The van der Waals surface area contributed by atoms with Gasteiger partial charge in [0.1, 0.15) is 30.3 Å². The Balaban J connectivity index is 1.49. The third-order valence-corrected chi connectivity index (χ3v) is 5.73. The molecular formula is C19H24N6O6. The van der Waals surface area contributed by atoms with E-state index in [0.717, 1.165) is 0 Å². The smallest absolute Gasteiger partial charge is 0.241 e. The number of aldehydes is 1. The van der Waals surface area contributed by atoms with Crippen LogP contribution in [0.5, 0.6) is 0 Å². The molecule has 0 spiro atoms. The number of hydrazine groups is 1. The number of nitrogens with two attached hydrogens (primary N) is 1. The summed E-state index contributed by atoms with van der Waals surface area (Å²) in [5, 5.41) is 24.7. The highest BCUT2D eigenvalue weighted by Crippen LogP contribution is 2.27. The number of carbonyl (C=O) groups excluding carboxylic acids is 2. The lowest BCUT2D eigenvalue weighted by molar-refractivity contribution is -0.149. The number of aliphatic hydroxyl groups is 2. The molecule has 31 heavy (non-hydrogen) atoms. The van der Waals surface area contributed by atoms with Gasteiger partial charge in [0.05, 0.1) is 36.5 Å². The maximum Gasteiger partial charge on any atom is 0.241 e. The van der Waals surface area contributed by atoms with Crippen LogP contribution in [0.15, 0.2) is 28.1 Å². The summed E-state index contributed by atoms with van der Waals surface area (Å²) < 4.78 is 11.1. The fourth-order valence-corrected chi connectivity index (χ4v) is 4.05. The zero-order chi connectivity index (χ0) is 22.1. The Labute approximate surface area is 177 Å². The summed E-state index contributed by atoms with van der Waals surface area (Å²) in [5.74, 6) is 4.56. The van der Waals surface area contributed by atoms with E-state index in [1.807, 2.05) is 0 Å². The third-order valence-electron chi connectivity index (χ3n) is 5.73. The van der Waals surface area contributed by atoms with E-state index in [9.17, 15) is 19.8 Å². The fraction of sp³-hybridized carbons (Fsp3) is 0.526. The number of hydrogen-bond acceptors (Lipinski definition) is 11. The summed E-state index contributed by atoms with van der Waals surface area (Å²) in [6.07, 6.45) is 1.39. The molecule has 0 saturated carbocycles. The van der Waals surface area contributed by atoms with Crippen LogP contribution in [0, 0.1) is 5.92 Å². The molecule has 166 valence electrons. The van der Waals surface area contributed by atoms with Crippen LogP contribution in [0.2, 0.25) is 0 Å². The van der Waals surface area contributed by atoms with Crippen LogP contribution in [0.3, 0.4) is 0 Å². The zero-order valence-electron chi connectivity index (χ0n) is 16.7. The second-order valence-corrected chi connectivity index (χ2v) is 7.69. The molecule has 12 nitrogen and oxygen atoms in total. The molecule has 5 N–H and O–H groups in total. The molecule has 2 aromatic heterocycles. The molecule has 0 aliphatic carbocycles. The number of aromatic nitrogens is 2. The van der Waals surface area contributed by atoms with Crippen molar-refractivity contribution in [3.8, 4) is 0 Å². The number of carbonyl (C=O) groups is 2. The van der Waals surface area contributed by atoms with Gasteiger partial charge in [-0.15, -0.1) is 0 Å². The Bertz CT molecular complexity index is 972. The van der Waals surface area contributed by atoms with Gasteiger partial charge in [-0.2, -0.15) is 0 Å². The van der Waals surface area contributed by atoms with Crippen molar-refractivity contribution in [2.45, 2.75) is 49.8 Å². The number of aliphatic hydroxyl groups excluding tert-OH is 2. The SMILES string of the molecule is C[C@@H]1OC(C=Nc2ncnc3ccoc23)[C@@H](O)[C@H](C=O)[C@H]1NC(=O)[C@H]1[C@@H](O)CCN1N. The van der Waals surface area contributed by atoms with Crippen LogP contribution >= 0.6 is 0 Å². The van der Waals surface area contributed by atoms with Crippen molar-refractivity contribution in [2.75, 3.05) is 6.54 Å². The molecule has 2 aromatic rings. The summed E-state index contributed by atoms with van der Waals surface area (Å²) in [6, 6.07) is -0.0603. The van der Waals surface area contributed by atoms with Crippen molar-refractivity contribution in [1.82, 2.24) is 20.3 Å². The van der Waals surface area contributed by atoms with E-state index in [1.54, 1.807) is 13.0 Å². The highest BCUT2D eigenvalue weighted by molar-refractivity contribution is 5.85. The number of aliphatic imine (C=N–C) groups is 1. The van der Waals surface area contributed by atoms with Gasteiger partial charge in [-0.3, -0.25) is 10.6 Å². The molecule has 7 atom stereocenters. The largest absolute Gasteiger partial charge is 0.459 e. The van der Waals surface area contributed by atoms with Gasteiger partial charge < -0.3 is 29.5 Å². The van der Waals surface area contributed by atoms with Crippen LogP contribution in [0.1, 0.15) is 13.3 Å². The average molecular weight is 432 g/mol. The van der Waals surface area contributed by atoms with Crippen LogP contribution in [0.4, 0.5) is 5.82 Å². The van der Waals surface area contributed by atoms with Gasteiger partial charge >= 0.3 is 0 Å². The molecule has 4 heterocycles. The Morgan fingerprint density at radius 1 is 1.42 bits per heavy atom. The van der Waals surface area contributed by atoms with E-state index < -0.39 is 48.3 Å². The Morgan fingerprint density at radius 2 is 2.23 bits per heavy atom. The molecule has 4 rings (SSSR count). The van der Waals surface area contributed by atoms with E-state index in [2.05, 4.69) is 20.3 Å². The number of furan rings is 1. The minimum Gasteiger partial charge on any atom is -0.459 e. The maximum absolute atomic E-state index is 12.6. The molecule has 1 amide bonds. The summed E-state index contributed by atoms with van der Waals surface area (Å²) in [5.41, 5.74) is 0.966. The summed E-state index contributed by atoms with van der Waals surface area (Å²) in [7, 11) is 0. The van der Waals surface area contributed by atoms with Crippen LogP contribution < -0.4 is 11.2 Å². The van der Waals surface area contributed by atoms with Gasteiger partial charge in [0.25, 0.3) is 0 Å². The van der Waals surface area contributed by atoms with Crippen LogP contribution in [-0.2, 0) is 14.3 Å². The minimum atomic E-state index is -1.26. The second-order valence-electron chi connectivity index (χ2n) is 7.69. The third kappa shape index (κ3) is 4.07. The highest BCUT2D eigenvalue weighted by Gasteiger charge is 2.45. The molecule has 2 fully saturated rings. The van der Waals surface area contributed by atoms with Crippen molar-refractivity contribution in [3.63, 3.8) is 0 Å². The van der Waals surface area contributed by atoms with E-state index >= 15 is 0 Å². The second kappa shape index (κ2) is 8.77. The molecule has 12 heteroatoms. The fourth-order valence-electron chi connectivity index (χ4n) is 4.05. The predicted octanol–water partition coefficient (Wildman–Crippen LogP) is -1.32. The van der Waals surface area contributed by atoms with Crippen molar-refractivity contribution >= 4 is 35.3 Å². The van der Waals surface area contributed by atoms with Gasteiger partial charge in [-0.25, -0.2) is 20.0 Å². The normalized spacial score (nSPS) is 34.4. The number of rotatable bonds is 5. The first-order chi connectivity index (χ1) is 14.9. The number of ether oxygens (including phenoxy) is 1. The number of nitrogens with one attached hydrogen (secondary N) is 1. The van der Waals surface area contributed by atoms with Crippen molar-refractivity contribution in [1.29, 1.82) is 0 Å². The molecule has 2 aliphatic rings. The van der Waals surface area contributed by atoms with Crippen LogP contribution in [0.25, 0.3) is 11.1 Å². The molecule has 0 bridgehead atoms. The van der Waals surface area contributed by atoms with Crippen molar-refractivity contribution < 1.29 is 29.0 Å². The molecule has 1 unspecified atom stereocenters. The molecule has 2 aliphatic heterocycles. The number of hydrogen-bond donors (Lipinski definition) is 4. The van der Waals surface area contributed by atoms with E-state index in [4.69, 9.17) is 15.0 Å². The Hall–Kier alpha value is -2.77. The van der Waals surface area contributed by atoms with Gasteiger partial charge in [-0.05, 0) is 13.3 Å². The van der Waals surface area contributed by atoms with Gasteiger partial charge in [0, 0.05) is 18.8 Å². The maximum atomic E-state index is 12.6. The first kappa shape index (κ1) is 21.5. The molecule has 2 saturated heterocycles. The number of amides is 1. The van der Waals surface area contributed by atoms with Gasteiger partial charge in [0.2, 0.25) is 5.91 Å². The van der Waals surface area contributed by atoms with Crippen LogP contribution in [-0.4, -0.2) is 86.6 Å². The Kier molecular flexibility index (Phi) is 6.07. The Morgan fingerprint density at radius 3 is 2.94 bits per heavy atom. The number of fused-ring (bicyclic) bond motifs is 1. The van der Waals surface area contributed by atoms with Gasteiger partial charge in [0.15, 0.2) is 11.4 Å². The lowest BCUT2D eigenvalue weighted by Crippen LogP contribution is -2.63. The lowest BCUT2D eigenvalue weighted by Gasteiger charge is -2.41. The lowest BCUT2D eigenvalue weighted by atomic mass is 9.85. The highest BCUT2D eigenvalue weighted by atomic mass is 16.5. The average Bonchev–Trinajstić information content (AvgIpc) is 3.36. The van der Waals surface area contributed by atoms with E-state index in [0.29, 0.717) is 30.4 Å². The van der Waals surface area contributed by atoms with Gasteiger partial charge in [-0.1, -0.05) is 0 Å². The predicted molar refractivity (Wildman–Crippen MR) is 107 cm³/mol. The molecule has 0 aromatic carbocycles. The minimum absolute atomic E-state index is 0.259. The van der Waals surface area contributed by atoms with E-state index in [1.165, 1.54) is 23.8 Å². The first-order valence-corrected chi connectivity index (χ1v) is 9.91. The monoisotopic (exact) mass is 432 g/mol. The molecule has 0 radical (unpaired) electrons. The quantitative estimate of drug-likeness (QED) is 0.252. The first-order valence-electron chi connectivity index (χ1n) is 9.91. The zero-order valence-corrected chi connectivity index (χ0v) is 16.7.